The number of rotatable bonds is 3. The molecule has 1 saturated heterocycles. The molecule has 10 heteroatoms. The summed E-state index contributed by atoms with van der Waals surface area (Å²) in [6, 6.07) is 0.115. The number of halogens is 8. The van der Waals surface area contributed by atoms with Gasteiger partial charge in [0.25, 0.3) is 6.43 Å². The lowest BCUT2D eigenvalue weighted by atomic mass is 10.0. The van der Waals surface area contributed by atoms with Crippen LogP contribution in [0.25, 0.3) is 0 Å². The van der Waals surface area contributed by atoms with Crippen molar-refractivity contribution in [3.63, 3.8) is 0 Å². The fourth-order valence-corrected chi connectivity index (χ4v) is 2.42. The zero-order valence-electron chi connectivity index (χ0n) is 11.7. The Morgan fingerprint density at radius 3 is 2.04 bits per heavy atom. The molecular weight excluding hydrogens is 369 g/mol. The van der Waals surface area contributed by atoms with Gasteiger partial charge in [-0.25, -0.2) is 13.2 Å². The maximum Gasteiger partial charge on any atom is 0.416 e. The van der Waals surface area contributed by atoms with Gasteiger partial charge >= 0.3 is 6.18 Å². The summed E-state index contributed by atoms with van der Waals surface area (Å²) in [7, 11) is 0. The van der Waals surface area contributed by atoms with E-state index in [4.69, 9.17) is 0 Å². The number of alkyl halides is 5. The molecule has 1 aliphatic heterocycles. The molecule has 134 valence electrons. The van der Waals surface area contributed by atoms with Gasteiger partial charge in [0.1, 0.15) is 5.82 Å². The molecule has 1 N–H and O–H groups in total. The molecule has 1 heterocycles. The molecule has 1 aliphatic rings. The van der Waals surface area contributed by atoms with Crippen LogP contribution in [0.4, 0.5) is 26.3 Å². The van der Waals surface area contributed by atoms with Crippen molar-refractivity contribution in [2.45, 2.75) is 18.6 Å². The van der Waals surface area contributed by atoms with Crippen molar-refractivity contribution >= 4 is 24.8 Å². The summed E-state index contributed by atoms with van der Waals surface area (Å²) < 4.78 is 77.9. The van der Waals surface area contributed by atoms with Crippen LogP contribution in [0.15, 0.2) is 18.2 Å². The van der Waals surface area contributed by atoms with Crippen LogP contribution in [0, 0.1) is 5.82 Å². The number of piperazine rings is 1. The second kappa shape index (κ2) is 8.96. The first-order valence-corrected chi connectivity index (χ1v) is 6.39. The highest BCUT2D eigenvalue weighted by molar-refractivity contribution is 5.85. The number of hydrogen-bond donors (Lipinski definition) is 1. The van der Waals surface area contributed by atoms with Gasteiger partial charge in [-0.3, -0.25) is 4.90 Å². The SMILES string of the molecule is Cl.Cl.Fc1cc([C@H](C(F)F)N2CCNCC2)cc(C(F)(F)F)c1. The number of nitrogens with zero attached hydrogens (tertiary/aromatic N) is 1. The van der Waals surface area contributed by atoms with Gasteiger partial charge in [-0.2, -0.15) is 13.2 Å². The van der Waals surface area contributed by atoms with E-state index in [2.05, 4.69) is 5.32 Å². The van der Waals surface area contributed by atoms with E-state index < -0.39 is 30.0 Å². The predicted octanol–water partition coefficient (Wildman–Crippen LogP) is 3.90. The van der Waals surface area contributed by atoms with Crippen LogP contribution >= 0.6 is 24.8 Å². The first-order valence-electron chi connectivity index (χ1n) is 6.39. The van der Waals surface area contributed by atoms with Crippen LogP contribution < -0.4 is 5.32 Å². The van der Waals surface area contributed by atoms with Gasteiger partial charge in [0.15, 0.2) is 0 Å². The minimum absolute atomic E-state index is 0. The third-order valence-corrected chi connectivity index (χ3v) is 3.37. The Morgan fingerprint density at radius 1 is 1.00 bits per heavy atom. The average molecular weight is 385 g/mol. The Bertz CT molecular complexity index is 492. The second-order valence-corrected chi connectivity index (χ2v) is 4.84. The monoisotopic (exact) mass is 384 g/mol. The van der Waals surface area contributed by atoms with E-state index >= 15 is 0 Å². The van der Waals surface area contributed by atoms with Crippen LogP contribution in [0.1, 0.15) is 17.2 Å². The van der Waals surface area contributed by atoms with Gasteiger partial charge in [0.2, 0.25) is 0 Å². The molecule has 1 atom stereocenters. The first kappa shape index (κ1) is 22.3. The predicted molar refractivity (Wildman–Crippen MR) is 79.1 cm³/mol. The molecule has 1 aromatic carbocycles. The maximum absolute atomic E-state index is 13.4. The Labute approximate surface area is 142 Å². The highest BCUT2D eigenvalue weighted by Gasteiger charge is 2.35. The second-order valence-electron chi connectivity index (χ2n) is 4.84. The number of hydrogen-bond acceptors (Lipinski definition) is 2. The Balaban J connectivity index is 0.00000242. The van der Waals surface area contributed by atoms with E-state index in [1.165, 1.54) is 4.90 Å². The van der Waals surface area contributed by atoms with Crippen molar-refractivity contribution in [1.82, 2.24) is 10.2 Å². The first-order chi connectivity index (χ1) is 9.79. The third kappa shape index (κ3) is 5.70. The molecule has 0 aromatic heterocycles. The minimum Gasteiger partial charge on any atom is -0.314 e. The summed E-state index contributed by atoms with van der Waals surface area (Å²) >= 11 is 0. The molecule has 0 radical (unpaired) electrons. The summed E-state index contributed by atoms with van der Waals surface area (Å²) in [6.45, 7) is 1.47. The lowest BCUT2D eigenvalue weighted by molar-refractivity contribution is -0.137. The largest absolute Gasteiger partial charge is 0.416 e. The summed E-state index contributed by atoms with van der Waals surface area (Å²) in [5.74, 6) is -1.17. The Morgan fingerprint density at radius 2 is 1.57 bits per heavy atom. The van der Waals surface area contributed by atoms with Crippen molar-refractivity contribution in [2.75, 3.05) is 26.2 Å². The molecule has 0 saturated carbocycles. The average Bonchev–Trinajstić information content (AvgIpc) is 2.38. The highest BCUT2D eigenvalue weighted by Crippen LogP contribution is 2.34. The van der Waals surface area contributed by atoms with E-state index in [0.29, 0.717) is 25.2 Å². The van der Waals surface area contributed by atoms with Crippen molar-refractivity contribution in [3.8, 4) is 0 Å². The van der Waals surface area contributed by atoms with Gasteiger partial charge in [0, 0.05) is 26.2 Å². The van der Waals surface area contributed by atoms with Crippen molar-refractivity contribution < 1.29 is 26.3 Å². The zero-order chi connectivity index (χ0) is 15.6. The van der Waals surface area contributed by atoms with E-state index in [1.54, 1.807) is 0 Å². The van der Waals surface area contributed by atoms with Crippen molar-refractivity contribution in [3.05, 3.63) is 35.1 Å². The van der Waals surface area contributed by atoms with Gasteiger partial charge in [-0.15, -0.1) is 24.8 Å². The molecule has 1 fully saturated rings. The number of benzene rings is 1. The third-order valence-electron chi connectivity index (χ3n) is 3.37. The fraction of sp³-hybridized carbons (Fsp3) is 0.538. The van der Waals surface area contributed by atoms with E-state index in [0.717, 1.165) is 6.07 Å². The minimum atomic E-state index is -4.77. The molecule has 23 heavy (non-hydrogen) atoms. The quantitative estimate of drug-likeness (QED) is 0.795. The molecule has 0 aliphatic carbocycles. The molecule has 2 nitrogen and oxygen atoms in total. The lowest BCUT2D eigenvalue weighted by Gasteiger charge is -2.34. The van der Waals surface area contributed by atoms with Gasteiger partial charge in [-0.05, 0) is 23.8 Å². The molecule has 2 rings (SSSR count). The highest BCUT2D eigenvalue weighted by atomic mass is 35.5. The topological polar surface area (TPSA) is 15.3 Å². The summed E-state index contributed by atoms with van der Waals surface area (Å²) in [6.07, 6.45) is -7.67. The standard InChI is InChI=1S/C13H14F6N2.2ClH/c14-10-6-8(5-9(7-10)13(17,18)19)11(12(15)16)21-3-1-20-2-4-21;;/h5-7,11-12,20H,1-4H2;2*1H/t11-;;/m1../s1. The van der Waals surface area contributed by atoms with Gasteiger partial charge in [-0.1, -0.05) is 0 Å². The van der Waals surface area contributed by atoms with E-state index in [1.807, 2.05) is 0 Å². The maximum atomic E-state index is 13.4. The molecule has 0 amide bonds. The summed E-state index contributed by atoms with van der Waals surface area (Å²) in [5.41, 5.74) is -1.60. The molecular formula is C13H16Cl2F6N2. The van der Waals surface area contributed by atoms with Crippen LogP contribution in [0.5, 0.6) is 0 Å². The fourth-order valence-electron chi connectivity index (χ4n) is 2.42. The summed E-state index contributed by atoms with van der Waals surface area (Å²) in [4.78, 5) is 1.37. The Kier molecular flexibility index (Phi) is 8.69. The van der Waals surface area contributed by atoms with Crippen molar-refractivity contribution in [2.24, 2.45) is 0 Å². The van der Waals surface area contributed by atoms with Gasteiger partial charge < -0.3 is 5.32 Å². The molecule has 0 unspecified atom stereocenters. The van der Waals surface area contributed by atoms with E-state index in [9.17, 15) is 26.3 Å². The van der Waals surface area contributed by atoms with Gasteiger partial charge in [0.05, 0.1) is 11.6 Å². The normalized spacial score (nSPS) is 17.3. The molecule has 1 aromatic rings. The Hall–Kier alpha value is -0.700. The van der Waals surface area contributed by atoms with E-state index in [-0.39, 0.29) is 43.5 Å². The smallest absolute Gasteiger partial charge is 0.314 e. The van der Waals surface area contributed by atoms with Crippen LogP contribution in [0.3, 0.4) is 0 Å². The summed E-state index contributed by atoms with van der Waals surface area (Å²) in [5, 5.41) is 2.97. The lowest BCUT2D eigenvalue weighted by Crippen LogP contribution is -2.47. The number of nitrogens with one attached hydrogen (secondary N) is 1. The van der Waals surface area contributed by atoms with Crippen LogP contribution in [-0.4, -0.2) is 37.5 Å². The van der Waals surface area contributed by atoms with Crippen LogP contribution in [-0.2, 0) is 6.18 Å². The zero-order valence-corrected chi connectivity index (χ0v) is 13.4. The van der Waals surface area contributed by atoms with Crippen molar-refractivity contribution in [1.29, 1.82) is 0 Å². The molecule has 0 bridgehead atoms. The van der Waals surface area contributed by atoms with Crippen LogP contribution in [0.2, 0.25) is 0 Å². The molecule has 0 spiro atoms.